The van der Waals surface area contributed by atoms with E-state index in [-0.39, 0.29) is 0 Å². The van der Waals surface area contributed by atoms with Crippen molar-refractivity contribution in [1.82, 2.24) is 4.57 Å². The zero-order valence-corrected chi connectivity index (χ0v) is 24.8. The fourth-order valence-corrected chi connectivity index (χ4v) is 11.3. The third-order valence-electron chi connectivity index (χ3n) is 8.06. The molecule has 0 atom stereocenters. The van der Waals surface area contributed by atoms with E-state index < -0.39 is 8.07 Å². The van der Waals surface area contributed by atoms with Crippen LogP contribution in [0.4, 0.5) is 0 Å². The van der Waals surface area contributed by atoms with Gasteiger partial charge in [-0.1, -0.05) is 131 Å². The number of nitrogens with zero attached hydrogens (tertiary/aromatic N) is 1. The zero-order chi connectivity index (χ0) is 27.1. The molecule has 0 amide bonds. The highest BCUT2D eigenvalue weighted by Gasteiger charge is 2.41. The minimum Gasteiger partial charge on any atom is -0.309 e. The van der Waals surface area contributed by atoms with Crippen molar-refractivity contribution in [2.24, 2.45) is 0 Å². The van der Waals surface area contributed by atoms with E-state index in [1.54, 1.807) is 0 Å². The minimum absolute atomic E-state index is 1.08. The second-order valence-electron chi connectivity index (χ2n) is 10.4. The van der Waals surface area contributed by atoms with Crippen LogP contribution >= 0.6 is 15.9 Å². The van der Waals surface area contributed by atoms with Gasteiger partial charge in [-0.2, -0.15) is 0 Å². The van der Waals surface area contributed by atoms with E-state index in [4.69, 9.17) is 0 Å². The summed E-state index contributed by atoms with van der Waals surface area (Å²) in [5.74, 6) is 0. The Kier molecular flexibility index (Phi) is 6.26. The first kappa shape index (κ1) is 24.8. The highest BCUT2D eigenvalue weighted by atomic mass is 79.9. The van der Waals surface area contributed by atoms with Gasteiger partial charge in [-0.15, -0.1) is 0 Å². The Morgan fingerprint density at radius 2 is 0.950 bits per heavy atom. The molecule has 0 N–H and O–H groups in total. The van der Waals surface area contributed by atoms with Gasteiger partial charge in [-0.25, -0.2) is 0 Å². The number of hydrogen-bond donors (Lipinski definition) is 0. The number of aromatic nitrogens is 1. The van der Waals surface area contributed by atoms with Gasteiger partial charge in [0.2, 0.25) is 0 Å². The summed E-state index contributed by atoms with van der Waals surface area (Å²) in [6, 6.07) is 56.1. The zero-order valence-electron chi connectivity index (χ0n) is 22.3. The minimum atomic E-state index is -2.61. The molecule has 0 unspecified atom stereocenters. The second-order valence-corrected chi connectivity index (χ2v) is 15.1. The molecule has 6 aromatic carbocycles. The number of benzene rings is 6. The summed E-state index contributed by atoms with van der Waals surface area (Å²) in [7, 11) is -2.61. The van der Waals surface area contributed by atoms with Crippen molar-refractivity contribution >= 4 is 66.6 Å². The Morgan fingerprint density at radius 3 is 1.48 bits per heavy atom. The van der Waals surface area contributed by atoms with E-state index in [1.165, 1.54) is 48.1 Å². The quantitative estimate of drug-likeness (QED) is 0.146. The van der Waals surface area contributed by atoms with Gasteiger partial charge < -0.3 is 4.57 Å². The van der Waals surface area contributed by atoms with Crippen LogP contribution in [0.3, 0.4) is 0 Å². The van der Waals surface area contributed by atoms with Gasteiger partial charge in [0.15, 0.2) is 8.07 Å². The number of aryl methyl sites for hydroxylation is 1. The first-order valence-corrected chi connectivity index (χ1v) is 16.4. The monoisotopic (exact) mass is 593 g/mol. The Morgan fingerprint density at radius 1 is 0.475 bits per heavy atom. The van der Waals surface area contributed by atoms with E-state index in [1.807, 2.05) is 0 Å². The van der Waals surface area contributed by atoms with Crippen molar-refractivity contribution in [3.05, 3.63) is 162 Å². The van der Waals surface area contributed by atoms with Gasteiger partial charge >= 0.3 is 0 Å². The van der Waals surface area contributed by atoms with Crippen LogP contribution in [0.2, 0.25) is 0 Å². The molecule has 0 radical (unpaired) electrons. The number of rotatable bonds is 5. The number of fused-ring (bicyclic) bond motifs is 3. The second kappa shape index (κ2) is 10.1. The maximum Gasteiger partial charge on any atom is 0.179 e. The molecule has 7 rings (SSSR count). The Hall–Kier alpha value is -4.18. The topological polar surface area (TPSA) is 4.93 Å². The maximum absolute atomic E-state index is 3.61. The largest absolute Gasteiger partial charge is 0.309 e. The summed E-state index contributed by atoms with van der Waals surface area (Å²) in [5, 5.41) is 8.13. The molecule has 1 aromatic heterocycles. The van der Waals surface area contributed by atoms with Crippen LogP contribution in [0.1, 0.15) is 5.56 Å². The van der Waals surface area contributed by atoms with E-state index in [9.17, 15) is 0 Å². The number of halogens is 1. The molecular formula is C37H28BrNSi. The normalized spacial score (nSPS) is 11.8. The van der Waals surface area contributed by atoms with Gasteiger partial charge in [0, 0.05) is 20.9 Å². The molecular weight excluding hydrogens is 566 g/mol. The van der Waals surface area contributed by atoms with Crippen molar-refractivity contribution < 1.29 is 0 Å². The average Bonchev–Trinajstić information content (AvgIpc) is 3.33. The smallest absolute Gasteiger partial charge is 0.179 e. The third-order valence-corrected chi connectivity index (χ3v) is 13.4. The van der Waals surface area contributed by atoms with Crippen LogP contribution in [0.15, 0.2) is 156 Å². The summed E-state index contributed by atoms with van der Waals surface area (Å²) < 4.78 is 3.48. The average molecular weight is 595 g/mol. The molecule has 192 valence electrons. The predicted molar refractivity (Wildman–Crippen MR) is 177 cm³/mol. The predicted octanol–water partition coefficient (Wildman–Crippen LogP) is 7.23. The standard InChI is InChI=1S/C37H28BrNSi/c1-27-17-23-36-34(25-27)35-26-33(22-24-37(35)39(36)29-20-18-28(38)19-21-29)40(30-11-5-2-6-12-30,31-13-7-3-8-14-31)32-15-9-4-10-16-32/h2-26H,1H3. The van der Waals surface area contributed by atoms with Crippen LogP contribution in [0, 0.1) is 6.92 Å². The molecule has 1 heterocycles. The molecule has 0 bridgehead atoms. The molecule has 0 saturated heterocycles. The van der Waals surface area contributed by atoms with E-state index in [0.717, 1.165) is 10.2 Å². The summed E-state index contributed by atoms with van der Waals surface area (Å²) in [4.78, 5) is 0. The third kappa shape index (κ3) is 3.97. The molecule has 0 aliphatic carbocycles. The molecule has 0 saturated carbocycles. The van der Waals surface area contributed by atoms with Crippen molar-refractivity contribution in [1.29, 1.82) is 0 Å². The first-order valence-electron chi connectivity index (χ1n) is 13.6. The van der Waals surface area contributed by atoms with Crippen molar-refractivity contribution in [3.8, 4) is 5.69 Å². The lowest BCUT2D eigenvalue weighted by Gasteiger charge is -2.34. The lowest BCUT2D eigenvalue weighted by atomic mass is 10.1. The Balaban J connectivity index is 1.61. The summed E-state index contributed by atoms with van der Waals surface area (Å²) >= 11 is 3.61. The SMILES string of the molecule is Cc1ccc2c(c1)c1cc([Si](c3ccccc3)(c3ccccc3)c3ccccc3)ccc1n2-c1ccc(Br)cc1. The molecule has 0 aliphatic heterocycles. The van der Waals surface area contributed by atoms with Crippen molar-refractivity contribution in [2.45, 2.75) is 6.92 Å². The number of hydrogen-bond acceptors (Lipinski definition) is 0. The van der Waals surface area contributed by atoms with E-state index in [2.05, 4.69) is 179 Å². The lowest BCUT2D eigenvalue weighted by Crippen LogP contribution is -2.74. The van der Waals surface area contributed by atoms with Crippen LogP contribution < -0.4 is 20.7 Å². The Labute approximate surface area is 244 Å². The molecule has 0 fully saturated rings. The summed E-state index contributed by atoms with van der Waals surface area (Å²) in [6.45, 7) is 2.18. The molecule has 3 heteroatoms. The molecule has 40 heavy (non-hydrogen) atoms. The maximum atomic E-state index is 3.61. The molecule has 7 aromatic rings. The molecule has 1 nitrogen and oxygen atoms in total. The van der Waals surface area contributed by atoms with Crippen molar-refractivity contribution in [3.63, 3.8) is 0 Å². The van der Waals surface area contributed by atoms with Gasteiger partial charge in [0.25, 0.3) is 0 Å². The van der Waals surface area contributed by atoms with Crippen molar-refractivity contribution in [2.75, 3.05) is 0 Å². The van der Waals surface area contributed by atoms with Crippen LogP contribution in [0.25, 0.3) is 27.5 Å². The summed E-state index contributed by atoms with van der Waals surface area (Å²) in [5.41, 5.74) is 4.89. The van der Waals surface area contributed by atoms with Gasteiger partial charge in [-0.05, 0) is 70.1 Å². The molecule has 0 aliphatic rings. The van der Waals surface area contributed by atoms with Crippen LogP contribution in [-0.4, -0.2) is 12.6 Å². The van der Waals surface area contributed by atoms with Gasteiger partial charge in [0.05, 0.1) is 11.0 Å². The highest BCUT2D eigenvalue weighted by Crippen LogP contribution is 2.33. The highest BCUT2D eigenvalue weighted by molar-refractivity contribution is 9.10. The fourth-order valence-electron chi connectivity index (χ4n) is 6.30. The summed E-state index contributed by atoms with van der Waals surface area (Å²) in [6.07, 6.45) is 0. The first-order chi connectivity index (χ1) is 19.7. The van der Waals surface area contributed by atoms with Gasteiger partial charge in [0.1, 0.15) is 0 Å². The van der Waals surface area contributed by atoms with Gasteiger partial charge in [-0.3, -0.25) is 0 Å². The molecule has 0 spiro atoms. The van der Waals surface area contributed by atoms with Crippen LogP contribution in [-0.2, 0) is 0 Å². The van der Waals surface area contributed by atoms with Crippen LogP contribution in [0.5, 0.6) is 0 Å². The van der Waals surface area contributed by atoms with E-state index in [0.29, 0.717) is 0 Å². The fraction of sp³-hybridized carbons (Fsp3) is 0.0270. The van der Waals surface area contributed by atoms with E-state index >= 15 is 0 Å². The lowest BCUT2D eigenvalue weighted by molar-refractivity contribution is 1.18. The Bertz CT molecular complexity index is 1850.